The van der Waals surface area contributed by atoms with Gasteiger partial charge in [0.05, 0.1) is 0 Å². The molecule has 7 heteroatoms. The summed E-state index contributed by atoms with van der Waals surface area (Å²) in [5.74, 6) is -0.638. The van der Waals surface area contributed by atoms with E-state index in [1.54, 1.807) is 43.3 Å². The molecule has 1 atom stereocenters. The Kier molecular flexibility index (Phi) is 8.02. The van der Waals surface area contributed by atoms with Crippen molar-refractivity contribution in [2.24, 2.45) is 0 Å². The van der Waals surface area contributed by atoms with E-state index in [9.17, 15) is 14.4 Å². The third-order valence-electron chi connectivity index (χ3n) is 3.73. The number of carbonyl (C=O) groups excluding carboxylic acids is 3. The molecular weight excluding hydrogens is 360 g/mol. The summed E-state index contributed by atoms with van der Waals surface area (Å²) < 4.78 is 10.8. The van der Waals surface area contributed by atoms with E-state index in [4.69, 9.17) is 9.47 Å². The molecule has 2 aromatic carbocycles. The molecule has 7 nitrogen and oxygen atoms in total. The predicted octanol–water partition coefficient (Wildman–Crippen LogP) is 2.67. The topological polar surface area (TPSA) is 93.7 Å². The van der Waals surface area contributed by atoms with Gasteiger partial charge in [0, 0.05) is 6.54 Å². The van der Waals surface area contributed by atoms with Crippen LogP contribution in [0.15, 0.2) is 54.6 Å². The van der Waals surface area contributed by atoms with Crippen molar-refractivity contribution < 1.29 is 23.9 Å². The molecule has 28 heavy (non-hydrogen) atoms. The number of carbonyl (C=O) groups is 3. The molecule has 0 saturated heterocycles. The first kappa shape index (κ1) is 21.0. The van der Waals surface area contributed by atoms with E-state index in [1.807, 2.05) is 25.1 Å². The largest absolute Gasteiger partial charge is 0.456 e. The second kappa shape index (κ2) is 10.7. The molecule has 148 valence electrons. The van der Waals surface area contributed by atoms with Gasteiger partial charge >= 0.3 is 5.97 Å². The van der Waals surface area contributed by atoms with E-state index in [-0.39, 0.29) is 11.5 Å². The molecule has 2 amide bonds. The van der Waals surface area contributed by atoms with Crippen molar-refractivity contribution in [3.8, 4) is 11.5 Å². The summed E-state index contributed by atoms with van der Waals surface area (Å²) >= 11 is 0. The van der Waals surface area contributed by atoms with Gasteiger partial charge in [-0.15, -0.1) is 0 Å². The SMILES string of the molecule is CCCNC(=O)[C@@H](C)NC(=O)COC(=O)c1ccccc1Oc1ccccc1. The van der Waals surface area contributed by atoms with Crippen LogP contribution in [0.5, 0.6) is 11.5 Å². The van der Waals surface area contributed by atoms with Crippen LogP contribution in [0.2, 0.25) is 0 Å². The van der Waals surface area contributed by atoms with Crippen molar-refractivity contribution in [2.75, 3.05) is 13.2 Å². The van der Waals surface area contributed by atoms with E-state index in [1.165, 1.54) is 0 Å². The second-order valence-corrected chi connectivity index (χ2v) is 6.07. The first-order valence-corrected chi connectivity index (χ1v) is 9.07. The molecule has 0 heterocycles. The van der Waals surface area contributed by atoms with E-state index in [0.717, 1.165) is 6.42 Å². The molecule has 2 N–H and O–H groups in total. The van der Waals surface area contributed by atoms with Crippen molar-refractivity contribution in [3.63, 3.8) is 0 Å². The molecule has 0 aliphatic heterocycles. The summed E-state index contributed by atoms with van der Waals surface area (Å²) in [6.07, 6.45) is 0.800. The number of esters is 1. The molecule has 0 aliphatic carbocycles. The summed E-state index contributed by atoms with van der Waals surface area (Å²) in [6, 6.07) is 14.9. The lowest BCUT2D eigenvalue weighted by atomic mass is 10.2. The van der Waals surface area contributed by atoms with Crippen molar-refractivity contribution in [1.82, 2.24) is 10.6 Å². The number of para-hydroxylation sites is 2. The number of hydrogen-bond donors (Lipinski definition) is 2. The van der Waals surface area contributed by atoms with Crippen LogP contribution in [0, 0.1) is 0 Å². The van der Waals surface area contributed by atoms with Crippen LogP contribution < -0.4 is 15.4 Å². The molecule has 0 aliphatic rings. The Morgan fingerprint density at radius 2 is 1.68 bits per heavy atom. The van der Waals surface area contributed by atoms with E-state index in [2.05, 4.69) is 10.6 Å². The van der Waals surface area contributed by atoms with Crippen LogP contribution in [0.3, 0.4) is 0 Å². The van der Waals surface area contributed by atoms with Gasteiger partial charge in [-0.3, -0.25) is 9.59 Å². The maximum absolute atomic E-state index is 12.4. The predicted molar refractivity (Wildman–Crippen MR) is 104 cm³/mol. The Morgan fingerprint density at radius 1 is 1.00 bits per heavy atom. The van der Waals surface area contributed by atoms with Crippen molar-refractivity contribution in [1.29, 1.82) is 0 Å². The van der Waals surface area contributed by atoms with Crippen molar-refractivity contribution in [2.45, 2.75) is 26.3 Å². The maximum atomic E-state index is 12.4. The minimum absolute atomic E-state index is 0.202. The highest BCUT2D eigenvalue weighted by molar-refractivity contribution is 5.94. The van der Waals surface area contributed by atoms with E-state index < -0.39 is 24.5 Å². The average Bonchev–Trinajstić information content (AvgIpc) is 2.71. The Hall–Kier alpha value is -3.35. The highest BCUT2D eigenvalue weighted by atomic mass is 16.5. The van der Waals surface area contributed by atoms with Gasteiger partial charge in [-0.1, -0.05) is 37.3 Å². The smallest absolute Gasteiger partial charge is 0.342 e. The average molecular weight is 384 g/mol. The highest BCUT2D eigenvalue weighted by Gasteiger charge is 2.18. The van der Waals surface area contributed by atoms with E-state index in [0.29, 0.717) is 18.0 Å². The Labute approximate surface area is 164 Å². The van der Waals surface area contributed by atoms with Crippen LogP contribution in [0.4, 0.5) is 0 Å². The molecular formula is C21H24N2O5. The fourth-order valence-corrected chi connectivity index (χ4v) is 2.30. The molecule has 0 spiro atoms. The molecule has 2 rings (SSSR count). The number of benzene rings is 2. The van der Waals surface area contributed by atoms with Gasteiger partial charge in [-0.2, -0.15) is 0 Å². The fraction of sp³-hybridized carbons (Fsp3) is 0.286. The number of rotatable bonds is 9. The molecule has 0 aromatic heterocycles. The minimum Gasteiger partial charge on any atom is -0.456 e. The summed E-state index contributed by atoms with van der Waals surface area (Å²) in [6.45, 7) is 3.53. The maximum Gasteiger partial charge on any atom is 0.342 e. The second-order valence-electron chi connectivity index (χ2n) is 6.07. The normalized spacial score (nSPS) is 11.2. The first-order valence-electron chi connectivity index (χ1n) is 9.07. The zero-order valence-corrected chi connectivity index (χ0v) is 15.9. The zero-order chi connectivity index (χ0) is 20.4. The third kappa shape index (κ3) is 6.42. The van der Waals surface area contributed by atoms with Gasteiger partial charge in [0.2, 0.25) is 5.91 Å². The Morgan fingerprint density at radius 3 is 2.39 bits per heavy atom. The van der Waals surface area contributed by atoms with Crippen LogP contribution in [-0.2, 0) is 14.3 Å². The summed E-state index contributed by atoms with van der Waals surface area (Å²) in [5, 5.41) is 5.17. The quantitative estimate of drug-likeness (QED) is 0.649. The minimum atomic E-state index is -0.716. The van der Waals surface area contributed by atoms with Gasteiger partial charge in [0.1, 0.15) is 23.1 Å². The standard InChI is InChI=1S/C21H24N2O5/c1-3-13-22-20(25)15(2)23-19(24)14-27-21(26)17-11-7-8-12-18(17)28-16-9-5-4-6-10-16/h4-12,15H,3,13-14H2,1-2H3,(H,22,25)(H,23,24)/t15-/m1/s1. The van der Waals surface area contributed by atoms with Gasteiger partial charge in [0.25, 0.3) is 5.91 Å². The molecule has 0 fully saturated rings. The van der Waals surface area contributed by atoms with E-state index >= 15 is 0 Å². The van der Waals surface area contributed by atoms with Gasteiger partial charge in [0.15, 0.2) is 6.61 Å². The molecule has 0 radical (unpaired) electrons. The van der Waals surface area contributed by atoms with Gasteiger partial charge in [-0.05, 0) is 37.6 Å². The van der Waals surface area contributed by atoms with Crippen LogP contribution in [0.25, 0.3) is 0 Å². The summed E-state index contributed by atoms with van der Waals surface area (Å²) in [7, 11) is 0. The third-order valence-corrected chi connectivity index (χ3v) is 3.73. The number of hydrogen-bond acceptors (Lipinski definition) is 5. The first-order chi connectivity index (χ1) is 13.5. The van der Waals surface area contributed by atoms with Gasteiger partial charge in [-0.25, -0.2) is 4.79 Å². The lowest BCUT2D eigenvalue weighted by Gasteiger charge is -2.14. The Bertz CT molecular complexity index is 807. The molecule has 0 saturated carbocycles. The van der Waals surface area contributed by atoms with Crippen LogP contribution >= 0.6 is 0 Å². The fourth-order valence-electron chi connectivity index (χ4n) is 2.30. The summed E-state index contributed by atoms with van der Waals surface area (Å²) in [5.41, 5.74) is 0.202. The highest BCUT2D eigenvalue weighted by Crippen LogP contribution is 2.25. The summed E-state index contributed by atoms with van der Waals surface area (Å²) in [4.78, 5) is 36.1. The van der Waals surface area contributed by atoms with Crippen LogP contribution in [-0.4, -0.2) is 37.0 Å². The Balaban J connectivity index is 1.91. The zero-order valence-electron chi connectivity index (χ0n) is 15.9. The number of amides is 2. The number of nitrogens with one attached hydrogen (secondary N) is 2. The lowest BCUT2D eigenvalue weighted by molar-refractivity contribution is -0.130. The molecule has 0 unspecified atom stereocenters. The number of ether oxygens (including phenoxy) is 2. The van der Waals surface area contributed by atoms with Crippen LogP contribution in [0.1, 0.15) is 30.6 Å². The lowest BCUT2D eigenvalue weighted by Crippen LogP contribution is -2.46. The van der Waals surface area contributed by atoms with Crippen molar-refractivity contribution in [3.05, 3.63) is 60.2 Å². The monoisotopic (exact) mass is 384 g/mol. The van der Waals surface area contributed by atoms with Crippen molar-refractivity contribution >= 4 is 17.8 Å². The van der Waals surface area contributed by atoms with Gasteiger partial charge < -0.3 is 20.1 Å². The molecule has 2 aromatic rings. The molecule has 0 bridgehead atoms.